The van der Waals surface area contributed by atoms with E-state index in [0.717, 1.165) is 13.0 Å². The van der Waals surface area contributed by atoms with Crippen molar-refractivity contribution in [1.82, 2.24) is 9.80 Å². The smallest absolute Gasteiger partial charge is 0.298 e. The minimum Gasteiger partial charge on any atom is -0.298 e. The molecule has 2 heterocycles. The monoisotopic (exact) mass is 278 g/mol. The number of halogens is 3. The van der Waals surface area contributed by atoms with Gasteiger partial charge in [0, 0.05) is 36.8 Å². The van der Waals surface area contributed by atoms with Gasteiger partial charge in [-0.1, -0.05) is 0 Å². The average molecular weight is 278 g/mol. The highest BCUT2D eigenvalue weighted by Crippen LogP contribution is 2.41. The molecule has 2 rings (SSSR count). The molecule has 2 fully saturated rings. The van der Waals surface area contributed by atoms with Gasteiger partial charge in [0.1, 0.15) is 0 Å². The lowest BCUT2D eigenvalue weighted by Crippen LogP contribution is -2.58. The van der Waals surface area contributed by atoms with Crippen molar-refractivity contribution in [2.75, 3.05) is 19.6 Å². The third-order valence-corrected chi connectivity index (χ3v) is 4.56. The summed E-state index contributed by atoms with van der Waals surface area (Å²) in [5.74, 6) is -1.11. The van der Waals surface area contributed by atoms with E-state index >= 15 is 0 Å². The minimum absolute atomic E-state index is 0.0617. The van der Waals surface area contributed by atoms with Crippen molar-refractivity contribution in [2.45, 2.75) is 64.3 Å². The Kier molecular flexibility index (Phi) is 3.46. The van der Waals surface area contributed by atoms with Crippen molar-refractivity contribution in [2.24, 2.45) is 5.92 Å². The average Bonchev–Trinajstić information content (AvgIpc) is 2.34. The Balaban J connectivity index is 1.96. The fourth-order valence-electron chi connectivity index (χ4n) is 3.65. The molecule has 0 saturated carbocycles. The molecule has 0 bridgehead atoms. The van der Waals surface area contributed by atoms with Crippen molar-refractivity contribution in [3.63, 3.8) is 0 Å². The van der Waals surface area contributed by atoms with Crippen molar-refractivity contribution in [1.29, 1.82) is 0 Å². The van der Waals surface area contributed by atoms with Gasteiger partial charge in [-0.25, -0.2) is 0 Å². The van der Waals surface area contributed by atoms with Crippen molar-refractivity contribution < 1.29 is 13.2 Å². The molecule has 1 unspecified atom stereocenters. The largest absolute Gasteiger partial charge is 0.394 e. The zero-order chi connectivity index (χ0) is 14.6. The molecule has 2 saturated heterocycles. The summed E-state index contributed by atoms with van der Waals surface area (Å²) in [4.78, 5) is 4.43. The first kappa shape index (κ1) is 15.1. The molecular weight excluding hydrogens is 253 g/mol. The van der Waals surface area contributed by atoms with Crippen LogP contribution in [-0.4, -0.2) is 52.7 Å². The molecule has 0 amide bonds. The van der Waals surface area contributed by atoms with Gasteiger partial charge in [0.15, 0.2) is 0 Å². The maximum atomic E-state index is 12.5. The third kappa shape index (κ3) is 2.92. The van der Waals surface area contributed by atoms with Gasteiger partial charge in [0.25, 0.3) is 0 Å². The van der Waals surface area contributed by atoms with E-state index in [-0.39, 0.29) is 30.2 Å². The van der Waals surface area contributed by atoms with E-state index in [4.69, 9.17) is 0 Å². The molecule has 0 radical (unpaired) electrons. The van der Waals surface area contributed by atoms with E-state index < -0.39 is 12.1 Å². The third-order valence-electron chi connectivity index (χ3n) is 4.56. The lowest BCUT2D eigenvalue weighted by molar-refractivity contribution is -0.213. The van der Waals surface area contributed by atoms with Gasteiger partial charge in [-0.2, -0.15) is 13.2 Å². The van der Waals surface area contributed by atoms with Gasteiger partial charge in [-0.05, 0) is 41.0 Å². The first-order chi connectivity index (χ1) is 8.41. The van der Waals surface area contributed by atoms with Crippen LogP contribution in [0.1, 0.15) is 41.0 Å². The lowest BCUT2D eigenvalue weighted by Gasteiger charge is -2.44. The summed E-state index contributed by atoms with van der Waals surface area (Å²) in [5, 5.41) is 0. The maximum absolute atomic E-state index is 12.5. The van der Waals surface area contributed by atoms with E-state index in [1.54, 1.807) is 0 Å². The second kappa shape index (κ2) is 4.35. The van der Waals surface area contributed by atoms with Crippen LogP contribution in [-0.2, 0) is 0 Å². The van der Waals surface area contributed by atoms with E-state index in [0.29, 0.717) is 0 Å². The second-order valence-corrected chi connectivity index (χ2v) is 7.64. The molecule has 0 N–H and O–H groups in total. The standard InChI is InChI=1S/C14H25F3N2/c1-12(2,3)19-9-11(6-13(19,4)5)18-7-10(8-18)14(15,16)17/h10-11H,6-9H2,1-5H3. The Bertz CT molecular complexity index is 338. The summed E-state index contributed by atoms with van der Waals surface area (Å²) in [7, 11) is 0. The Morgan fingerprint density at radius 3 is 1.89 bits per heavy atom. The van der Waals surface area contributed by atoms with Gasteiger partial charge >= 0.3 is 6.18 Å². The number of alkyl halides is 3. The summed E-state index contributed by atoms with van der Waals surface area (Å²) in [6, 6.07) is 0.271. The lowest BCUT2D eigenvalue weighted by atomic mass is 9.92. The molecule has 2 aliphatic rings. The van der Waals surface area contributed by atoms with Crippen LogP contribution < -0.4 is 0 Å². The van der Waals surface area contributed by atoms with Crippen LogP contribution in [0.5, 0.6) is 0 Å². The highest BCUT2D eigenvalue weighted by Gasteiger charge is 2.52. The maximum Gasteiger partial charge on any atom is 0.394 e. The molecule has 1 atom stereocenters. The van der Waals surface area contributed by atoms with Crippen LogP contribution in [0, 0.1) is 5.92 Å². The molecule has 0 aromatic carbocycles. The Morgan fingerprint density at radius 1 is 1.00 bits per heavy atom. The van der Waals surface area contributed by atoms with E-state index in [2.05, 4.69) is 39.5 Å². The van der Waals surface area contributed by atoms with E-state index in [1.807, 2.05) is 4.90 Å². The highest BCUT2D eigenvalue weighted by molar-refractivity contribution is 5.04. The quantitative estimate of drug-likeness (QED) is 0.727. The normalized spacial score (nSPS) is 30.6. The molecule has 0 aliphatic carbocycles. The Labute approximate surface area is 113 Å². The van der Waals surface area contributed by atoms with Gasteiger partial charge in [0.05, 0.1) is 5.92 Å². The molecule has 0 aromatic heterocycles. The van der Waals surface area contributed by atoms with Crippen molar-refractivity contribution in [3.8, 4) is 0 Å². The number of likely N-dealkylation sites (tertiary alicyclic amines) is 2. The Hall–Kier alpha value is -0.290. The van der Waals surface area contributed by atoms with Gasteiger partial charge in [-0.15, -0.1) is 0 Å². The SMILES string of the molecule is CC(C)(C)N1CC(N2CC(C(F)(F)F)C2)CC1(C)C. The van der Waals surface area contributed by atoms with Crippen molar-refractivity contribution >= 4 is 0 Å². The molecule has 2 aliphatic heterocycles. The van der Waals surface area contributed by atoms with Crippen LogP contribution in [0.25, 0.3) is 0 Å². The van der Waals surface area contributed by atoms with Crippen molar-refractivity contribution in [3.05, 3.63) is 0 Å². The summed E-state index contributed by atoms with van der Waals surface area (Å²) in [5.41, 5.74) is 0.124. The van der Waals surface area contributed by atoms with E-state index in [9.17, 15) is 13.2 Å². The summed E-state index contributed by atoms with van der Waals surface area (Å²) < 4.78 is 37.6. The fourth-order valence-corrected chi connectivity index (χ4v) is 3.65. The van der Waals surface area contributed by atoms with Crippen LogP contribution in [0.15, 0.2) is 0 Å². The van der Waals surface area contributed by atoms with Crippen LogP contribution >= 0.6 is 0 Å². The number of hydrogen-bond acceptors (Lipinski definition) is 2. The van der Waals surface area contributed by atoms with Crippen LogP contribution in [0.4, 0.5) is 13.2 Å². The Morgan fingerprint density at radius 2 is 1.53 bits per heavy atom. The molecule has 112 valence electrons. The van der Waals surface area contributed by atoms with Crippen LogP contribution in [0.2, 0.25) is 0 Å². The molecule has 0 aromatic rings. The minimum atomic E-state index is -4.02. The molecule has 0 spiro atoms. The zero-order valence-electron chi connectivity index (χ0n) is 12.5. The summed E-state index contributed by atoms with van der Waals surface area (Å²) in [6.07, 6.45) is -3.07. The highest BCUT2D eigenvalue weighted by atomic mass is 19.4. The first-order valence-corrected chi connectivity index (χ1v) is 7.00. The molecule has 19 heavy (non-hydrogen) atoms. The van der Waals surface area contributed by atoms with Gasteiger partial charge in [0.2, 0.25) is 0 Å². The molecule has 5 heteroatoms. The summed E-state index contributed by atoms with van der Waals surface area (Å²) in [6.45, 7) is 12.1. The predicted molar refractivity (Wildman–Crippen MR) is 70.1 cm³/mol. The van der Waals surface area contributed by atoms with Gasteiger partial charge < -0.3 is 0 Å². The number of nitrogens with zero attached hydrogens (tertiary/aromatic N) is 2. The fraction of sp³-hybridized carbons (Fsp3) is 1.00. The molecule has 2 nitrogen and oxygen atoms in total. The topological polar surface area (TPSA) is 6.48 Å². The predicted octanol–water partition coefficient (Wildman–Crippen LogP) is 3.13. The van der Waals surface area contributed by atoms with Crippen LogP contribution in [0.3, 0.4) is 0 Å². The number of rotatable bonds is 1. The molecular formula is C14H25F3N2. The number of hydrogen-bond donors (Lipinski definition) is 0. The first-order valence-electron chi connectivity index (χ1n) is 7.00. The summed E-state index contributed by atoms with van der Waals surface area (Å²) >= 11 is 0. The van der Waals surface area contributed by atoms with Gasteiger partial charge in [-0.3, -0.25) is 9.80 Å². The second-order valence-electron chi connectivity index (χ2n) is 7.64. The zero-order valence-corrected chi connectivity index (χ0v) is 12.5. The van der Waals surface area contributed by atoms with E-state index in [1.165, 1.54) is 0 Å².